The fourth-order valence-electron chi connectivity index (χ4n) is 1.80. The van der Waals surface area contributed by atoms with Crippen LogP contribution < -0.4 is 10.5 Å². The normalized spacial score (nSPS) is 12.2. The maximum atomic E-state index is 5.92. The number of ether oxygens (including phenoxy) is 1. The summed E-state index contributed by atoms with van der Waals surface area (Å²) in [6, 6.07) is 7.88. The van der Waals surface area contributed by atoms with Gasteiger partial charge in [-0.2, -0.15) is 0 Å². The fraction of sp³-hybridized carbons (Fsp3) is 0.333. The van der Waals surface area contributed by atoms with Crippen molar-refractivity contribution in [2.75, 3.05) is 7.11 Å². The molecule has 1 heterocycles. The lowest BCUT2D eigenvalue weighted by molar-refractivity contribution is 0.415. The topological polar surface area (TPSA) is 61.0 Å². The van der Waals surface area contributed by atoms with Crippen LogP contribution in [0.15, 0.2) is 36.7 Å². The molecule has 0 saturated heterocycles. The van der Waals surface area contributed by atoms with Gasteiger partial charge in [-0.25, -0.2) is 9.97 Å². The van der Waals surface area contributed by atoms with Crippen LogP contribution in [0.3, 0.4) is 0 Å². The number of hydrogen-bond acceptors (Lipinski definition) is 4. The van der Waals surface area contributed by atoms with Crippen molar-refractivity contribution in [3.63, 3.8) is 0 Å². The van der Waals surface area contributed by atoms with E-state index in [0.29, 0.717) is 0 Å². The molecule has 100 valence electrons. The van der Waals surface area contributed by atoms with E-state index in [1.54, 1.807) is 7.11 Å². The predicted octanol–water partition coefficient (Wildman–Crippen LogP) is 2.43. The summed E-state index contributed by atoms with van der Waals surface area (Å²) in [6.45, 7) is 2.08. The minimum Gasteiger partial charge on any atom is -0.497 e. The highest BCUT2D eigenvalue weighted by molar-refractivity contribution is 5.55. The largest absolute Gasteiger partial charge is 0.497 e. The molecule has 2 aromatic rings. The molecule has 0 saturated carbocycles. The number of nitrogens with two attached hydrogens (primary N) is 1. The first-order chi connectivity index (χ1) is 9.22. The summed E-state index contributed by atoms with van der Waals surface area (Å²) in [5.41, 5.74) is 7.97. The van der Waals surface area contributed by atoms with Crippen LogP contribution in [0.2, 0.25) is 0 Å². The van der Waals surface area contributed by atoms with E-state index >= 15 is 0 Å². The van der Waals surface area contributed by atoms with Crippen LogP contribution in [-0.2, 0) is 6.42 Å². The molecular weight excluding hydrogens is 238 g/mol. The Morgan fingerprint density at radius 1 is 1.16 bits per heavy atom. The molecule has 0 spiro atoms. The molecule has 0 aliphatic rings. The predicted molar refractivity (Wildman–Crippen MR) is 76.0 cm³/mol. The molecule has 0 radical (unpaired) electrons. The van der Waals surface area contributed by atoms with Crippen LogP contribution in [0.1, 0.15) is 18.9 Å². The first kappa shape index (κ1) is 13.5. The van der Waals surface area contributed by atoms with Crippen molar-refractivity contribution in [1.82, 2.24) is 9.97 Å². The summed E-state index contributed by atoms with van der Waals surface area (Å²) < 4.78 is 5.13. The van der Waals surface area contributed by atoms with Gasteiger partial charge in [0.05, 0.1) is 7.11 Å². The fourth-order valence-corrected chi connectivity index (χ4v) is 1.80. The Balaban J connectivity index is 2.12. The Bertz CT molecular complexity index is 508. The maximum Gasteiger partial charge on any atom is 0.159 e. The molecule has 1 atom stereocenters. The number of methoxy groups -OCH3 is 1. The molecule has 0 amide bonds. The van der Waals surface area contributed by atoms with Crippen LogP contribution in [0.25, 0.3) is 11.4 Å². The summed E-state index contributed by atoms with van der Waals surface area (Å²) in [5, 5.41) is 0. The second-order valence-electron chi connectivity index (χ2n) is 4.52. The van der Waals surface area contributed by atoms with Gasteiger partial charge in [0.1, 0.15) is 5.75 Å². The molecule has 1 unspecified atom stereocenters. The molecule has 19 heavy (non-hydrogen) atoms. The lowest BCUT2D eigenvalue weighted by Crippen LogP contribution is -2.21. The first-order valence-corrected chi connectivity index (χ1v) is 6.44. The molecule has 0 bridgehead atoms. The van der Waals surface area contributed by atoms with Crippen molar-refractivity contribution in [1.29, 1.82) is 0 Å². The quantitative estimate of drug-likeness (QED) is 0.893. The average molecular weight is 257 g/mol. The van der Waals surface area contributed by atoms with Gasteiger partial charge in [-0.1, -0.05) is 6.92 Å². The second kappa shape index (κ2) is 6.29. The molecule has 1 aromatic heterocycles. The summed E-state index contributed by atoms with van der Waals surface area (Å²) >= 11 is 0. The molecule has 0 aliphatic carbocycles. The molecule has 4 heteroatoms. The van der Waals surface area contributed by atoms with Crippen LogP contribution in [0.5, 0.6) is 5.75 Å². The molecule has 2 rings (SSSR count). The van der Waals surface area contributed by atoms with E-state index in [2.05, 4.69) is 16.9 Å². The summed E-state index contributed by atoms with van der Waals surface area (Å²) in [5.74, 6) is 1.55. The third-order valence-electron chi connectivity index (χ3n) is 3.08. The van der Waals surface area contributed by atoms with Crippen molar-refractivity contribution in [3.05, 3.63) is 42.2 Å². The Hall–Kier alpha value is -1.94. The SMILES string of the molecule is CCC(N)Cc1cnc(-c2ccc(OC)cc2)nc1. The zero-order valence-corrected chi connectivity index (χ0v) is 11.3. The lowest BCUT2D eigenvalue weighted by atomic mass is 10.1. The number of benzene rings is 1. The summed E-state index contributed by atoms with van der Waals surface area (Å²) in [6.07, 6.45) is 5.48. The monoisotopic (exact) mass is 257 g/mol. The van der Waals surface area contributed by atoms with Crippen LogP contribution in [0.4, 0.5) is 0 Å². The summed E-state index contributed by atoms with van der Waals surface area (Å²) in [4.78, 5) is 8.77. The average Bonchev–Trinajstić information content (AvgIpc) is 2.48. The van der Waals surface area contributed by atoms with Gasteiger partial charge >= 0.3 is 0 Å². The number of hydrogen-bond donors (Lipinski definition) is 1. The summed E-state index contributed by atoms with van der Waals surface area (Å²) in [7, 11) is 1.65. The smallest absolute Gasteiger partial charge is 0.159 e. The Morgan fingerprint density at radius 2 is 1.79 bits per heavy atom. The van der Waals surface area contributed by atoms with E-state index in [9.17, 15) is 0 Å². The van der Waals surface area contributed by atoms with Crippen molar-refractivity contribution < 1.29 is 4.74 Å². The van der Waals surface area contributed by atoms with Gasteiger partial charge in [0.25, 0.3) is 0 Å². The zero-order chi connectivity index (χ0) is 13.7. The Morgan fingerprint density at radius 3 is 2.32 bits per heavy atom. The molecule has 1 aromatic carbocycles. The van der Waals surface area contributed by atoms with E-state index in [-0.39, 0.29) is 6.04 Å². The minimum absolute atomic E-state index is 0.176. The third kappa shape index (κ3) is 3.51. The van der Waals surface area contributed by atoms with Crippen LogP contribution >= 0.6 is 0 Å². The highest BCUT2D eigenvalue weighted by Crippen LogP contribution is 2.18. The van der Waals surface area contributed by atoms with Gasteiger partial charge in [0.2, 0.25) is 0 Å². The highest BCUT2D eigenvalue weighted by Gasteiger charge is 2.05. The third-order valence-corrected chi connectivity index (χ3v) is 3.08. The zero-order valence-electron chi connectivity index (χ0n) is 11.3. The lowest BCUT2D eigenvalue weighted by Gasteiger charge is -2.08. The van der Waals surface area contributed by atoms with Crippen molar-refractivity contribution in [3.8, 4) is 17.1 Å². The van der Waals surface area contributed by atoms with Crippen LogP contribution in [0, 0.1) is 0 Å². The molecule has 0 fully saturated rings. The standard InChI is InChI=1S/C15H19N3O/c1-3-13(16)8-11-9-17-15(18-10-11)12-4-6-14(19-2)7-5-12/h4-7,9-10,13H,3,8,16H2,1-2H3. The van der Waals surface area contributed by atoms with Gasteiger partial charge in [0, 0.05) is 24.0 Å². The minimum atomic E-state index is 0.176. The molecule has 4 nitrogen and oxygen atoms in total. The second-order valence-corrected chi connectivity index (χ2v) is 4.52. The maximum absolute atomic E-state index is 5.92. The highest BCUT2D eigenvalue weighted by atomic mass is 16.5. The van der Waals surface area contributed by atoms with E-state index < -0.39 is 0 Å². The van der Waals surface area contributed by atoms with Gasteiger partial charge < -0.3 is 10.5 Å². The Labute approximate surface area is 113 Å². The van der Waals surface area contributed by atoms with Crippen molar-refractivity contribution in [2.24, 2.45) is 5.73 Å². The van der Waals surface area contributed by atoms with E-state index in [1.807, 2.05) is 36.7 Å². The van der Waals surface area contributed by atoms with Gasteiger partial charge in [-0.05, 0) is 42.7 Å². The number of rotatable bonds is 5. The molecule has 2 N–H and O–H groups in total. The van der Waals surface area contributed by atoms with Gasteiger partial charge in [-0.3, -0.25) is 0 Å². The molecular formula is C15H19N3O. The van der Waals surface area contributed by atoms with Crippen molar-refractivity contribution >= 4 is 0 Å². The van der Waals surface area contributed by atoms with Gasteiger partial charge in [0.15, 0.2) is 5.82 Å². The molecule has 0 aliphatic heterocycles. The van der Waals surface area contributed by atoms with Crippen molar-refractivity contribution in [2.45, 2.75) is 25.8 Å². The first-order valence-electron chi connectivity index (χ1n) is 6.44. The van der Waals surface area contributed by atoms with E-state index in [1.165, 1.54) is 0 Å². The number of nitrogens with zero attached hydrogens (tertiary/aromatic N) is 2. The van der Waals surface area contributed by atoms with E-state index in [0.717, 1.165) is 35.5 Å². The Kier molecular flexibility index (Phi) is 4.47. The van der Waals surface area contributed by atoms with Gasteiger partial charge in [-0.15, -0.1) is 0 Å². The number of aromatic nitrogens is 2. The van der Waals surface area contributed by atoms with Crippen LogP contribution in [-0.4, -0.2) is 23.1 Å². The van der Waals surface area contributed by atoms with E-state index in [4.69, 9.17) is 10.5 Å².